The van der Waals surface area contributed by atoms with Gasteiger partial charge in [0.2, 0.25) is 0 Å². The molecular formula is C9H15N5O. The minimum atomic E-state index is -0.582. The van der Waals surface area contributed by atoms with Gasteiger partial charge in [0.25, 0.3) is 0 Å². The number of hydrogen-bond acceptors (Lipinski definition) is 4. The third kappa shape index (κ3) is 3.10. The lowest BCUT2D eigenvalue weighted by molar-refractivity contribution is 0.168. The number of hydrogen-bond donors (Lipinski definition) is 1. The van der Waals surface area contributed by atoms with Crippen molar-refractivity contribution in [2.24, 2.45) is 11.0 Å². The van der Waals surface area contributed by atoms with E-state index in [9.17, 15) is 0 Å². The Morgan fingerprint density at radius 1 is 1.80 bits per heavy atom. The average molecular weight is 209 g/mol. The van der Waals surface area contributed by atoms with Gasteiger partial charge in [-0.05, 0) is 18.9 Å². The summed E-state index contributed by atoms with van der Waals surface area (Å²) >= 11 is 0. The van der Waals surface area contributed by atoms with Crippen molar-refractivity contribution in [3.8, 4) is 6.07 Å². The Balaban J connectivity index is 2.45. The summed E-state index contributed by atoms with van der Waals surface area (Å²) < 4.78 is 5.26. The fraction of sp³-hybridized carbons (Fsp3) is 0.889. The number of nitriles is 1. The summed E-state index contributed by atoms with van der Waals surface area (Å²) in [6, 6.07) is 2.27. The van der Waals surface area contributed by atoms with Crippen LogP contribution in [0.1, 0.15) is 13.3 Å². The number of ether oxygens (including phenoxy) is 1. The molecule has 1 heterocycles. The van der Waals surface area contributed by atoms with Crippen molar-refractivity contribution in [2.75, 3.05) is 26.3 Å². The molecule has 6 nitrogen and oxygen atoms in total. The number of azide groups is 1. The van der Waals surface area contributed by atoms with E-state index < -0.39 is 5.54 Å². The van der Waals surface area contributed by atoms with Crippen LogP contribution in [-0.4, -0.2) is 31.8 Å². The van der Waals surface area contributed by atoms with E-state index in [1.165, 1.54) is 0 Å². The second-order valence-electron chi connectivity index (χ2n) is 3.76. The van der Waals surface area contributed by atoms with Gasteiger partial charge in [-0.2, -0.15) is 5.26 Å². The molecule has 0 aromatic carbocycles. The van der Waals surface area contributed by atoms with Crippen LogP contribution in [0.3, 0.4) is 0 Å². The summed E-state index contributed by atoms with van der Waals surface area (Å²) in [5, 5.41) is 15.7. The van der Waals surface area contributed by atoms with Gasteiger partial charge in [-0.3, -0.25) is 5.32 Å². The molecule has 82 valence electrons. The van der Waals surface area contributed by atoms with Gasteiger partial charge < -0.3 is 4.74 Å². The normalized spacial score (nSPS) is 23.9. The van der Waals surface area contributed by atoms with Gasteiger partial charge in [0.15, 0.2) is 0 Å². The zero-order valence-corrected chi connectivity index (χ0v) is 8.81. The van der Waals surface area contributed by atoms with Crippen molar-refractivity contribution in [2.45, 2.75) is 18.9 Å². The standard InChI is InChI=1S/C9H15N5O/c1-9(7-10,8-2-5-15-6-8)12-3-4-13-14-11/h8,12H,2-6H2,1H3. The number of nitrogens with one attached hydrogen (secondary N) is 1. The summed E-state index contributed by atoms with van der Waals surface area (Å²) in [5.74, 6) is 0.216. The second kappa shape index (κ2) is 5.56. The Morgan fingerprint density at radius 2 is 2.60 bits per heavy atom. The van der Waals surface area contributed by atoms with Crippen LogP contribution >= 0.6 is 0 Å². The number of nitrogens with zero attached hydrogens (tertiary/aromatic N) is 4. The summed E-state index contributed by atoms with van der Waals surface area (Å²) in [4.78, 5) is 2.66. The zero-order chi connectivity index (χ0) is 11.1. The van der Waals surface area contributed by atoms with Gasteiger partial charge >= 0.3 is 0 Å². The molecule has 2 unspecified atom stereocenters. The lowest BCUT2D eigenvalue weighted by atomic mass is 9.86. The first-order chi connectivity index (χ1) is 7.23. The van der Waals surface area contributed by atoms with Crippen LogP contribution in [0.5, 0.6) is 0 Å². The van der Waals surface area contributed by atoms with E-state index in [4.69, 9.17) is 15.5 Å². The lowest BCUT2D eigenvalue weighted by Gasteiger charge is -2.28. The molecule has 1 aliphatic rings. The van der Waals surface area contributed by atoms with Gasteiger partial charge in [-0.15, -0.1) is 0 Å². The molecule has 0 aromatic rings. The van der Waals surface area contributed by atoms with Crippen molar-refractivity contribution < 1.29 is 4.74 Å². The van der Waals surface area contributed by atoms with Crippen LogP contribution in [-0.2, 0) is 4.74 Å². The fourth-order valence-corrected chi connectivity index (χ4v) is 1.68. The van der Waals surface area contributed by atoms with Crippen molar-refractivity contribution in [3.63, 3.8) is 0 Å². The summed E-state index contributed by atoms with van der Waals surface area (Å²) in [5.41, 5.74) is 7.53. The van der Waals surface area contributed by atoms with E-state index in [-0.39, 0.29) is 5.92 Å². The van der Waals surface area contributed by atoms with E-state index >= 15 is 0 Å². The van der Waals surface area contributed by atoms with E-state index in [1.807, 2.05) is 6.92 Å². The summed E-state index contributed by atoms with van der Waals surface area (Å²) in [6.45, 7) is 4.09. The van der Waals surface area contributed by atoms with Crippen LogP contribution in [0.4, 0.5) is 0 Å². The predicted molar refractivity (Wildman–Crippen MR) is 55.0 cm³/mol. The highest BCUT2D eigenvalue weighted by Crippen LogP contribution is 2.25. The van der Waals surface area contributed by atoms with Crippen molar-refractivity contribution in [1.29, 1.82) is 5.26 Å². The largest absolute Gasteiger partial charge is 0.381 e. The topological polar surface area (TPSA) is 93.8 Å². The SMILES string of the molecule is CC(C#N)(NCCN=[N+]=[N-])C1CCOC1. The zero-order valence-electron chi connectivity index (χ0n) is 8.81. The first-order valence-electron chi connectivity index (χ1n) is 4.98. The molecule has 15 heavy (non-hydrogen) atoms. The minimum Gasteiger partial charge on any atom is -0.381 e. The van der Waals surface area contributed by atoms with Gasteiger partial charge in [0.05, 0.1) is 12.7 Å². The van der Waals surface area contributed by atoms with Crippen LogP contribution in [0, 0.1) is 17.2 Å². The molecule has 1 N–H and O–H groups in total. The van der Waals surface area contributed by atoms with E-state index in [2.05, 4.69) is 21.4 Å². The Kier molecular flexibility index (Phi) is 4.37. The third-order valence-electron chi connectivity index (χ3n) is 2.75. The van der Waals surface area contributed by atoms with Gasteiger partial charge in [0, 0.05) is 30.5 Å². The maximum atomic E-state index is 9.13. The van der Waals surface area contributed by atoms with Crippen LogP contribution in [0.25, 0.3) is 10.4 Å². The Hall–Kier alpha value is -1.28. The Bertz CT molecular complexity index is 287. The highest BCUT2D eigenvalue weighted by atomic mass is 16.5. The molecule has 1 fully saturated rings. The molecule has 0 aromatic heterocycles. The molecule has 0 bridgehead atoms. The molecular weight excluding hydrogens is 194 g/mol. The molecule has 0 amide bonds. The lowest BCUT2D eigenvalue weighted by Crippen LogP contribution is -2.48. The molecule has 0 saturated carbocycles. The monoisotopic (exact) mass is 209 g/mol. The van der Waals surface area contributed by atoms with Gasteiger partial charge in [0.1, 0.15) is 5.54 Å². The minimum absolute atomic E-state index is 0.216. The first-order valence-corrected chi connectivity index (χ1v) is 4.98. The Labute approximate surface area is 88.8 Å². The average Bonchev–Trinajstić information content (AvgIpc) is 2.78. The van der Waals surface area contributed by atoms with Crippen LogP contribution in [0.2, 0.25) is 0 Å². The molecule has 1 saturated heterocycles. The molecule has 0 spiro atoms. The van der Waals surface area contributed by atoms with Crippen LogP contribution < -0.4 is 5.32 Å². The highest BCUT2D eigenvalue weighted by Gasteiger charge is 2.36. The van der Waals surface area contributed by atoms with E-state index in [0.717, 1.165) is 13.0 Å². The van der Waals surface area contributed by atoms with Crippen molar-refractivity contribution in [3.05, 3.63) is 10.4 Å². The summed E-state index contributed by atoms with van der Waals surface area (Å²) in [7, 11) is 0. The summed E-state index contributed by atoms with van der Waals surface area (Å²) in [6.07, 6.45) is 0.901. The molecule has 0 radical (unpaired) electrons. The third-order valence-corrected chi connectivity index (χ3v) is 2.75. The van der Waals surface area contributed by atoms with Crippen molar-refractivity contribution in [1.82, 2.24) is 5.32 Å². The molecule has 6 heteroatoms. The second-order valence-corrected chi connectivity index (χ2v) is 3.76. The first kappa shape index (κ1) is 11.8. The molecule has 0 aliphatic carbocycles. The maximum absolute atomic E-state index is 9.13. The van der Waals surface area contributed by atoms with E-state index in [1.54, 1.807) is 0 Å². The fourth-order valence-electron chi connectivity index (χ4n) is 1.68. The molecule has 1 aliphatic heterocycles. The van der Waals surface area contributed by atoms with Crippen LogP contribution in [0.15, 0.2) is 5.11 Å². The molecule has 2 atom stereocenters. The Morgan fingerprint density at radius 3 is 3.13 bits per heavy atom. The van der Waals surface area contributed by atoms with Gasteiger partial charge in [-0.1, -0.05) is 5.11 Å². The van der Waals surface area contributed by atoms with Gasteiger partial charge in [-0.25, -0.2) is 0 Å². The highest BCUT2D eigenvalue weighted by molar-refractivity contribution is 5.08. The number of rotatable bonds is 5. The predicted octanol–water partition coefficient (Wildman–Crippen LogP) is 1.21. The van der Waals surface area contributed by atoms with Crippen molar-refractivity contribution >= 4 is 0 Å². The molecule has 1 rings (SSSR count). The smallest absolute Gasteiger partial charge is 0.109 e. The van der Waals surface area contributed by atoms with E-state index in [0.29, 0.717) is 19.7 Å². The quantitative estimate of drug-likeness (QED) is 0.319. The maximum Gasteiger partial charge on any atom is 0.109 e.